The molecule has 0 bridgehead atoms. The number of anilines is 1. The minimum Gasteiger partial charge on any atom is -0.338 e. The Morgan fingerprint density at radius 1 is 1.03 bits per heavy atom. The number of hydrogen-bond acceptors (Lipinski definition) is 6. The molecule has 1 saturated carbocycles. The molecule has 6 aromatic rings. The number of carbonyl (C=O) groups excluding carboxylic acids is 1. The van der Waals surface area contributed by atoms with Crippen LogP contribution in [0.3, 0.4) is 0 Å². The van der Waals surface area contributed by atoms with Gasteiger partial charge in [0.25, 0.3) is 0 Å². The highest BCUT2D eigenvalue weighted by Crippen LogP contribution is 2.36. The molecule has 0 aliphatic heterocycles. The quantitative estimate of drug-likeness (QED) is 0.253. The molecule has 0 radical (unpaired) electrons. The number of carbonyl (C=O) groups is 1. The molecule has 6 heterocycles. The van der Waals surface area contributed by atoms with Crippen LogP contribution in [0.1, 0.15) is 24.1 Å². The van der Waals surface area contributed by atoms with Gasteiger partial charge in [-0.1, -0.05) is 6.42 Å². The zero-order valence-electron chi connectivity index (χ0n) is 20.1. The van der Waals surface area contributed by atoms with E-state index in [1.165, 1.54) is 9.75 Å². The second-order valence-electron chi connectivity index (χ2n) is 9.49. The van der Waals surface area contributed by atoms with Gasteiger partial charge in [0, 0.05) is 61.7 Å². The van der Waals surface area contributed by atoms with E-state index < -0.39 is 0 Å². The highest BCUT2D eigenvalue weighted by atomic mass is 32.1. The minimum atomic E-state index is 0.0698. The molecule has 1 aliphatic carbocycles. The maximum absolute atomic E-state index is 12.4. The zero-order chi connectivity index (χ0) is 24.9. The summed E-state index contributed by atoms with van der Waals surface area (Å²) in [5.74, 6) is 0.186. The lowest BCUT2D eigenvalue weighted by Gasteiger charge is -2.24. The van der Waals surface area contributed by atoms with Crippen molar-refractivity contribution in [2.24, 2.45) is 5.92 Å². The molecule has 0 unspecified atom stereocenters. The van der Waals surface area contributed by atoms with Crippen molar-refractivity contribution in [2.75, 3.05) is 5.32 Å². The highest BCUT2D eigenvalue weighted by molar-refractivity contribution is 7.15. The maximum Gasteiger partial charge on any atom is 0.227 e. The molecule has 7 rings (SSSR count). The fourth-order valence-corrected chi connectivity index (χ4v) is 5.71. The molecule has 0 spiro atoms. The van der Waals surface area contributed by atoms with Gasteiger partial charge in [-0.3, -0.25) is 14.9 Å². The third-order valence-electron chi connectivity index (χ3n) is 7.03. The number of aromatic nitrogens is 6. The second-order valence-corrected chi connectivity index (χ2v) is 10.8. The number of amides is 1. The number of pyridine rings is 3. The molecule has 1 amide bonds. The standard InChI is InChI=1S/C28H23N7OS/c1-15-5-6-24(37-15)20-7-8-30-26-21(20)11-23(33-26)25-22-10-18(13-31-27(22)35-34-25)17-9-19(14-29-12-17)32-28(36)16-3-2-4-16/h5-14,16H,2-4H2,1H3,(H,30,33)(H,32,36)(H,31,34,35). The maximum atomic E-state index is 12.4. The van der Waals surface area contributed by atoms with E-state index in [-0.39, 0.29) is 11.8 Å². The fourth-order valence-electron chi connectivity index (χ4n) is 4.80. The SMILES string of the molecule is Cc1ccc(-c2ccnc3[nH]c(-c4[nH]nc5ncc(-c6cncc(NC(=O)C7CCC7)c6)cc45)cc23)s1. The van der Waals surface area contributed by atoms with Crippen LogP contribution in [0, 0.1) is 12.8 Å². The predicted molar refractivity (Wildman–Crippen MR) is 146 cm³/mol. The van der Waals surface area contributed by atoms with Gasteiger partial charge in [0.05, 0.1) is 23.3 Å². The van der Waals surface area contributed by atoms with E-state index in [1.54, 1.807) is 29.9 Å². The van der Waals surface area contributed by atoms with Crippen molar-refractivity contribution in [1.82, 2.24) is 30.1 Å². The zero-order valence-corrected chi connectivity index (χ0v) is 20.9. The van der Waals surface area contributed by atoms with Crippen molar-refractivity contribution in [3.63, 3.8) is 0 Å². The summed E-state index contributed by atoms with van der Waals surface area (Å²) in [5.41, 5.74) is 6.81. The van der Waals surface area contributed by atoms with E-state index in [0.29, 0.717) is 11.3 Å². The van der Waals surface area contributed by atoms with Gasteiger partial charge in [0.2, 0.25) is 5.91 Å². The molecule has 0 atom stereocenters. The first-order valence-electron chi connectivity index (χ1n) is 12.3. The van der Waals surface area contributed by atoms with Gasteiger partial charge in [0.15, 0.2) is 5.65 Å². The van der Waals surface area contributed by atoms with Crippen LogP contribution in [0.25, 0.3) is 55.0 Å². The van der Waals surface area contributed by atoms with Gasteiger partial charge < -0.3 is 10.3 Å². The van der Waals surface area contributed by atoms with Gasteiger partial charge >= 0.3 is 0 Å². The monoisotopic (exact) mass is 505 g/mol. The summed E-state index contributed by atoms with van der Waals surface area (Å²) in [5, 5.41) is 12.5. The Morgan fingerprint density at radius 3 is 2.73 bits per heavy atom. The van der Waals surface area contributed by atoms with Crippen molar-refractivity contribution in [2.45, 2.75) is 26.2 Å². The number of hydrogen-bond donors (Lipinski definition) is 3. The topological polar surface area (TPSA) is 112 Å². The number of nitrogens with zero attached hydrogens (tertiary/aromatic N) is 4. The molecule has 182 valence electrons. The van der Waals surface area contributed by atoms with E-state index in [0.717, 1.165) is 63.8 Å². The number of fused-ring (bicyclic) bond motifs is 2. The summed E-state index contributed by atoms with van der Waals surface area (Å²) in [4.78, 5) is 31.8. The Kier molecular flexibility index (Phi) is 5.10. The number of rotatable bonds is 5. The van der Waals surface area contributed by atoms with Crippen LogP contribution in [0.4, 0.5) is 5.69 Å². The average molecular weight is 506 g/mol. The second kappa shape index (κ2) is 8.63. The van der Waals surface area contributed by atoms with Gasteiger partial charge in [0.1, 0.15) is 5.65 Å². The van der Waals surface area contributed by atoms with Crippen LogP contribution in [0.2, 0.25) is 0 Å². The average Bonchev–Trinajstić information content (AvgIpc) is 3.60. The van der Waals surface area contributed by atoms with Crippen molar-refractivity contribution >= 4 is 45.0 Å². The molecular weight excluding hydrogens is 482 g/mol. The Labute approximate surface area is 216 Å². The highest BCUT2D eigenvalue weighted by Gasteiger charge is 2.25. The summed E-state index contributed by atoms with van der Waals surface area (Å²) in [7, 11) is 0. The molecular formula is C28H23N7OS. The van der Waals surface area contributed by atoms with Gasteiger partial charge in [-0.05, 0) is 56.2 Å². The Hall–Kier alpha value is -4.37. The van der Waals surface area contributed by atoms with Crippen LogP contribution in [-0.2, 0) is 4.79 Å². The number of aromatic amines is 2. The largest absolute Gasteiger partial charge is 0.338 e. The summed E-state index contributed by atoms with van der Waals surface area (Å²) in [6, 6.07) is 12.5. The lowest BCUT2D eigenvalue weighted by atomic mass is 9.85. The minimum absolute atomic E-state index is 0.0698. The van der Waals surface area contributed by atoms with E-state index in [1.807, 2.05) is 12.3 Å². The van der Waals surface area contributed by atoms with Gasteiger partial charge in [-0.25, -0.2) is 9.97 Å². The summed E-state index contributed by atoms with van der Waals surface area (Å²) in [6.45, 7) is 2.12. The van der Waals surface area contributed by atoms with Crippen molar-refractivity contribution in [1.29, 1.82) is 0 Å². The van der Waals surface area contributed by atoms with Gasteiger partial charge in [-0.15, -0.1) is 11.3 Å². The molecule has 37 heavy (non-hydrogen) atoms. The van der Waals surface area contributed by atoms with E-state index in [9.17, 15) is 4.79 Å². The third kappa shape index (κ3) is 3.88. The molecule has 9 heteroatoms. The van der Waals surface area contributed by atoms with E-state index in [2.05, 4.69) is 72.7 Å². The van der Waals surface area contributed by atoms with Gasteiger partial charge in [-0.2, -0.15) is 5.10 Å². The fraction of sp³-hybridized carbons (Fsp3) is 0.179. The van der Waals surface area contributed by atoms with Crippen LogP contribution >= 0.6 is 11.3 Å². The van der Waals surface area contributed by atoms with Crippen LogP contribution < -0.4 is 5.32 Å². The summed E-state index contributed by atoms with van der Waals surface area (Å²) < 4.78 is 0. The lowest BCUT2D eigenvalue weighted by Crippen LogP contribution is -2.28. The number of H-pyrrole nitrogens is 2. The van der Waals surface area contributed by atoms with Crippen LogP contribution in [-0.4, -0.2) is 36.0 Å². The molecule has 3 N–H and O–H groups in total. The Morgan fingerprint density at radius 2 is 1.92 bits per heavy atom. The smallest absolute Gasteiger partial charge is 0.227 e. The Bertz CT molecular complexity index is 1790. The molecule has 1 aliphatic rings. The molecule has 8 nitrogen and oxygen atoms in total. The number of thiophene rings is 1. The molecule has 0 saturated heterocycles. The number of nitrogens with one attached hydrogen (secondary N) is 3. The van der Waals surface area contributed by atoms with Crippen molar-refractivity contribution < 1.29 is 4.79 Å². The summed E-state index contributed by atoms with van der Waals surface area (Å²) in [6.07, 6.45) is 10.1. The molecule has 6 aromatic heterocycles. The van der Waals surface area contributed by atoms with E-state index >= 15 is 0 Å². The lowest BCUT2D eigenvalue weighted by molar-refractivity contribution is -0.122. The number of aryl methyl sites for hydroxylation is 1. The van der Waals surface area contributed by atoms with Crippen LogP contribution in [0.5, 0.6) is 0 Å². The first-order chi connectivity index (χ1) is 18.1. The first kappa shape index (κ1) is 21.9. The van der Waals surface area contributed by atoms with Crippen molar-refractivity contribution in [3.05, 3.63) is 66.1 Å². The van der Waals surface area contributed by atoms with Crippen molar-refractivity contribution in [3.8, 4) is 33.0 Å². The van der Waals surface area contributed by atoms with Crippen LogP contribution in [0.15, 0.2) is 61.2 Å². The molecule has 1 fully saturated rings. The summed E-state index contributed by atoms with van der Waals surface area (Å²) >= 11 is 1.77. The normalized spacial score (nSPS) is 13.8. The van der Waals surface area contributed by atoms with E-state index in [4.69, 9.17) is 0 Å². The Balaban J connectivity index is 1.26. The molecule has 0 aromatic carbocycles. The predicted octanol–water partition coefficient (Wildman–Crippen LogP) is 6.34. The third-order valence-corrected chi connectivity index (χ3v) is 8.07. The first-order valence-corrected chi connectivity index (χ1v) is 13.1.